The van der Waals surface area contributed by atoms with Gasteiger partial charge in [-0.1, -0.05) is 0 Å². The fourth-order valence-corrected chi connectivity index (χ4v) is 4.56. The first-order valence-corrected chi connectivity index (χ1v) is 3.77. The van der Waals surface area contributed by atoms with Crippen molar-refractivity contribution in [2.24, 2.45) is 23.7 Å². The van der Waals surface area contributed by atoms with Crippen molar-refractivity contribution >= 4 is 0 Å². The lowest BCUT2D eigenvalue weighted by atomic mass is 9.16. The molecule has 6 fully saturated rings. The van der Waals surface area contributed by atoms with E-state index in [0.717, 1.165) is 0 Å². The second-order valence-corrected chi connectivity index (χ2v) is 4.23. The third kappa shape index (κ3) is 0.0637. The molecule has 1 nitrogen and oxygen atoms in total. The number of rotatable bonds is 0. The molecule has 0 radical (unpaired) electrons. The normalized spacial score (nSPS) is 101. The summed E-state index contributed by atoms with van der Waals surface area (Å²) in [5.74, 6) is 5.07. The molecular formula is C7H7N. The summed E-state index contributed by atoms with van der Waals surface area (Å²) in [6.45, 7) is 0. The van der Waals surface area contributed by atoms with Crippen LogP contribution in [0.15, 0.2) is 0 Å². The van der Waals surface area contributed by atoms with Crippen molar-refractivity contribution in [2.75, 3.05) is 0 Å². The molecule has 6 rings (SSSR count). The van der Waals surface area contributed by atoms with E-state index in [4.69, 9.17) is 0 Å². The van der Waals surface area contributed by atoms with E-state index in [1.54, 1.807) is 0 Å². The van der Waals surface area contributed by atoms with Crippen LogP contribution in [0.5, 0.6) is 0 Å². The zero-order valence-electron chi connectivity index (χ0n) is 4.49. The Hall–Kier alpha value is -0.0400. The summed E-state index contributed by atoms with van der Waals surface area (Å²) < 4.78 is 0. The molecule has 3 aliphatic heterocycles. The monoisotopic (exact) mass is 105 g/mol. The second kappa shape index (κ2) is 0.431. The van der Waals surface area contributed by atoms with Crippen LogP contribution in [0, 0.1) is 23.7 Å². The SMILES string of the molecule is C12C3C4C1C1C2C3N41. The van der Waals surface area contributed by atoms with Gasteiger partial charge >= 0.3 is 0 Å². The summed E-state index contributed by atoms with van der Waals surface area (Å²) in [4.78, 5) is 2.76. The second-order valence-electron chi connectivity index (χ2n) is 4.23. The van der Waals surface area contributed by atoms with E-state index < -0.39 is 0 Å². The molecule has 6 aliphatic rings. The molecular weight excluding hydrogens is 98.1 g/mol. The van der Waals surface area contributed by atoms with Gasteiger partial charge in [0.1, 0.15) is 0 Å². The Bertz CT molecular complexity index is 114. The van der Waals surface area contributed by atoms with Gasteiger partial charge in [0, 0.05) is 18.1 Å². The highest BCUT2D eigenvalue weighted by Gasteiger charge is 2.97. The first-order valence-electron chi connectivity index (χ1n) is 3.77. The fourth-order valence-electron chi connectivity index (χ4n) is 4.56. The van der Waals surface area contributed by atoms with Crippen molar-refractivity contribution in [2.45, 2.75) is 18.1 Å². The highest BCUT2D eigenvalue weighted by Crippen LogP contribution is 2.89. The average molecular weight is 105 g/mol. The van der Waals surface area contributed by atoms with Gasteiger partial charge in [0.2, 0.25) is 0 Å². The highest BCUT2D eigenvalue weighted by atomic mass is 15.5. The van der Waals surface area contributed by atoms with Crippen molar-refractivity contribution in [1.29, 1.82) is 0 Å². The Labute approximate surface area is 47.7 Å². The lowest BCUT2D eigenvalue weighted by molar-refractivity contribution is -0.547. The van der Waals surface area contributed by atoms with E-state index in [1.165, 1.54) is 41.8 Å². The highest BCUT2D eigenvalue weighted by molar-refractivity contribution is 5.49. The minimum atomic E-state index is 1.17. The zero-order chi connectivity index (χ0) is 4.62. The smallest absolute Gasteiger partial charge is 0.0194 e. The lowest BCUT2D eigenvalue weighted by Gasteiger charge is -3.04. The maximum Gasteiger partial charge on any atom is 0.0194 e. The molecule has 0 N–H and O–H groups in total. The summed E-state index contributed by atoms with van der Waals surface area (Å²) >= 11 is 0. The van der Waals surface area contributed by atoms with Crippen molar-refractivity contribution < 1.29 is 0 Å². The van der Waals surface area contributed by atoms with Crippen LogP contribution < -0.4 is 0 Å². The molecule has 8 heavy (non-hydrogen) atoms. The van der Waals surface area contributed by atoms with Crippen LogP contribution in [-0.4, -0.2) is 23.0 Å². The van der Waals surface area contributed by atoms with Crippen LogP contribution in [0.25, 0.3) is 0 Å². The van der Waals surface area contributed by atoms with E-state index in [2.05, 4.69) is 4.90 Å². The summed E-state index contributed by atoms with van der Waals surface area (Å²) in [7, 11) is 0. The summed E-state index contributed by atoms with van der Waals surface area (Å²) in [6.07, 6.45) is 0. The molecule has 0 bridgehead atoms. The van der Waals surface area contributed by atoms with Gasteiger partial charge in [-0.2, -0.15) is 0 Å². The first-order chi connectivity index (χ1) is 4.00. The van der Waals surface area contributed by atoms with Crippen LogP contribution in [0.1, 0.15) is 0 Å². The average Bonchev–Trinajstić information content (AvgIpc) is 1.90. The quantitative estimate of drug-likeness (QED) is 0.416. The van der Waals surface area contributed by atoms with E-state index in [-0.39, 0.29) is 0 Å². The van der Waals surface area contributed by atoms with Gasteiger partial charge in [0.05, 0.1) is 0 Å². The predicted molar refractivity (Wildman–Crippen MR) is 27.2 cm³/mol. The van der Waals surface area contributed by atoms with Gasteiger partial charge in [-0.05, 0) is 23.7 Å². The summed E-state index contributed by atoms with van der Waals surface area (Å²) in [5, 5.41) is 0. The molecule has 1 heteroatoms. The Balaban J connectivity index is 2.00. The number of hydrogen-bond acceptors (Lipinski definition) is 1. The number of hydrogen-bond donors (Lipinski definition) is 0. The third-order valence-electron chi connectivity index (χ3n) is 4.73. The van der Waals surface area contributed by atoms with E-state index >= 15 is 0 Å². The zero-order valence-corrected chi connectivity index (χ0v) is 4.49. The van der Waals surface area contributed by atoms with Crippen LogP contribution in [0.2, 0.25) is 0 Å². The largest absolute Gasteiger partial charge is 0.292 e. The van der Waals surface area contributed by atoms with Crippen molar-refractivity contribution in [3.63, 3.8) is 0 Å². The molecule has 0 amide bonds. The number of nitrogens with zero attached hydrogens (tertiary/aromatic N) is 1. The van der Waals surface area contributed by atoms with Crippen LogP contribution in [0.3, 0.4) is 0 Å². The maximum atomic E-state index is 2.76. The summed E-state index contributed by atoms with van der Waals surface area (Å²) in [6, 6.07) is 3.50. The lowest BCUT2D eigenvalue weighted by Crippen LogP contribution is -3.12. The van der Waals surface area contributed by atoms with Crippen LogP contribution >= 0.6 is 0 Å². The van der Waals surface area contributed by atoms with Crippen LogP contribution in [0.4, 0.5) is 0 Å². The first kappa shape index (κ1) is 2.70. The molecule has 3 heterocycles. The van der Waals surface area contributed by atoms with Crippen molar-refractivity contribution in [3.8, 4) is 0 Å². The molecule has 0 aromatic heterocycles. The minimum absolute atomic E-state index is 1.17. The van der Waals surface area contributed by atoms with E-state index in [1.807, 2.05) is 0 Å². The van der Waals surface area contributed by atoms with Gasteiger partial charge in [-0.25, -0.2) is 0 Å². The van der Waals surface area contributed by atoms with Crippen molar-refractivity contribution in [1.82, 2.24) is 4.90 Å². The van der Waals surface area contributed by atoms with Gasteiger partial charge in [-0.15, -0.1) is 0 Å². The standard InChI is InChI=1S/C7H7N/c1-2-5-3(1)7-4(1)6(2)8(5)7/h1-7H. The molecule has 3 saturated heterocycles. The Morgan fingerprint density at radius 1 is 0.625 bits per heavy atom. The minimum Gasteiger partial charge on any atom is -0.292 e. The fraction of sp³-hybridized carbons (Fsp3) is 1.00. The van der Waals surface area contributed by atoms with Crippen LogP contribution in [-0.2, 0) is 0 Å². The van der Waals surface area contributed by atoms with Crippen molar-refractivity contribution in [3.05, 3.63) is 0 Å². The maximum absolute atomic E-state index is 2.76. The van der Waals surface area contributed by atoms with Gasteiger partial charge in [0.15, 0.2) is 0 Å². The number of piperidine rings is 12. The van der Waals surface area contributed by atoms with Gasteiger partial charge < -0.3 is 0 Å². The summed E-state index contributed by atoms with van der Waals surface area (Å²) in [5.41, 5.74) is 0. The Morgan fingerprint density at radius 3 is 1.25 bits per heavy atom. The molecule has 0 spiro atoms. The van der Waals surface area contributed by atoms with E-state index in [0.29, 0.717) is 0 Å². The molecule has 0 aromatic carbocycles. The predicted octanol–water partition coefficient (Wildman–Crippen LogP) is -0.0730. The molecule has 40 valence electrons. The third-order valence-corrected chi connectivity index (χ3v) is 4.73. The molecule has 3 saturated carbocycles. The Morgan fingerprint density at radius 2 is 1.12 bits per heavy atom. The molecule has 0 aromatic rings. The molecule has 0 unspecified atom stereocenters. The van der Waals surface area contributed by atoms with E-state index in [9.17, 15) is 0 Å². The van der Waals surface area contributed by atoms with Gasteiger partial charge in [-0.3, -0.25) is 4.90 Å². The molecule has 0 atom stereocenters. The molecule has 3 aliphatic carbocycles. The van der Waals surface area contributed by atoms with Gasteiger partial charge in [0.25, 0.3) is 0 Å². The topological polar surface area (TPSA) is 3.24 Å². The Kier molecular flexibility index (Phi) is 0.145.